The van der Waals surface area contributed by atoms with Crippen LogP contribution in [0.4, 0.5) is 5.13 Å². The number of rotatable bonds is 8. The van der Waals surface area contributed by atoms with Gasteiger partial charge in [0.05, 0.1) is 17.9 Å². The second-order valence-electron chi connectivity index (χ2n) is 6.12. The van der Waals surface area contributed by atoms with Crippen LogP contribution in [0.25, 0.3) is 0 Å². The highest BCUT2D eigenvalue weighted by Gasteiger charge is 2.26. The number of anilines is 1. The monoisotopic (exact) mass is 394 g/mol. The third-order valence-electron chi connectivity index (χ3n) is 3.98. The number of carbonyl (C=O) groups is 2. The van der Waals surface area contributed by atoms with Gasteiger partial charge in [0.25, 0.3) is 5.91 Å². The number of hydrogen-bond acceptors (Lipinski definition) is 6. The number of aromatic nitrogens is 1. The minimum absolute atomic E-state index is 0.0490. The lowest BCUT2D eigenvalue weighted by molar-refractivity contribution is 0.0531. The number of carbonyl (C=O) groups excluding carboxylic acids is 2. The summed E-state index contributed by atoms with van der Waals surface area (Å²) in [6.45, 7) is 10.6. The van der Waals surface area contributed by atoms with Gasteiger partial charge in [-0.15, -0.1) is 11.3 Å². The molecule has 142 valence electrons. The Morgan fingerprint density at radius 3 is 2.46 bits per heavy atom. The molecule has 2 rings (SSSR count). The largest absolute Gasteiger partial charge is 0.462 e. The number of thiophene rings is 1. The molecule has 0 unspecified atom stereocenters. The van der Waals surface area contributed by atoms with Gasteiger partial charge in [-0.25, -0.2) is 9.78 Å². The van der Waals surface area contributed by atoms with E-state index >= 15 is 0 Å². The molecule has 7 heteroatoms. The van der Waals surface area contributed by atoms with E-state index in [0.717, 1.165) is 34.6 Å². The second-order valence-corrected chi connectivity index (χ2v) is 8.56. The smallest absolute Gasteiger partial charge is 0.350 e. The molecule has 0 fully saturated rings. The van der Waals surface area contributed by atoms with E-state index in [0.29, 0.717) is 28.9 Å². The van der Waals surface area contributed by atoms with Crippen LogP contribution in [0.15, 0.2) is 6.07 Å². The molecular weight excluding hydrogens is 368 g/mol. The van der Waals surface area contributed by atoms with Gasteiger partial charge < -0.3 is 4.74 Å². The van der Waals surface area contributed by atoms with Gasteiger partial charge >= 0.3 is 5.97 Å². The number of unbranched alkanes of at least 4 members (excludes halogenated alkanes) is 2. The van der Waals surface area contributed by atoms with Crippen LogP contribution in [0.1, 0.15) is 68.6 Å². The molecule has 0 spiro atoms. The van der Waals surface area contributed by atoms with Crippen molar-refractivity contribution in [3.8, 4) is 0 Å². The third-order valence-corrected chi connectivity index (χ3v) is 6.11. The van der Waals surface area contributed by atoms with E-state index in [2.05, 4.69) is 11.9 Å². The SMILES string of the molecule is CCCCCN(C(=O)c1cc(C)sc1C)c1nc(C)c(C(=O)OCC)s1. The van der Waals surface area contributed by atoms with Gasteiger partial charge in [-0.1, -0.05) is 31.1 Å². The van der Waals surface area contributed by atoms with E-state index in [1.807, 2.05) is 19.9 Å². The van der Waals surface area contributed by atoms with Gasteiger partial charge in [0.1, 0.15) is 4.88 Å². The van der Waals surface area contributed by atoms with Crippen LogP contribution in [-0.4, -0.2) is 30.0 Å². The first-order valence-corrected chi connectivity index (χ1v) is 10.6. The molecule has 1 amide bonds. The molecular formula is C19H26N2O3S2. The van der Waals surface area contributed by atoms with Crippen molar-refractivity contribution in [2.45, 2.75) is 53.9 Å². The molecule has 0 aliphatic heterocycles. The van der Waals surface area contributed by atoms with E-state index in [-0.39, 0.29) is 11.9 Å². The summed E-state index contributed by atoms with van der Waals surface area (Å²) in [4.78, 5) is 34.1. The van der Waals surface area contributed by atoms with Crippen LogP contribution in [0.3, 0.4) is 0 Å². The Morgan fingerprint density at radius 2 is 1.88 bits per heavy atom. The molecule has 0 bridgehead atoms. The number of aryl methyl sites for hydroxylation is 3. The molecule has 0 N–H and O–H groups in total. The molecule has 5 nitrogen and oxygen atoms in total. The summed E-state index contributed by atoms with van der Waals surface area (Å²) in [5.41, 5.74) is 1.32. The summed E-state index contributed by atoms with van der Waals surface area (Å²) < 4.78 is 5.10. The minimum Gasteiger partial charge on any atom is -0.462 e. The predicted octanol–water partition coefficient (Wildman–Crippen LogP) is 5.14. The molecule has 0 radical (unpaired) electrons. The Labute approximate surface area is 163 Å². The van der Waals surface area contributed by atoms with Crippen LogP contribution in [0, 0.1) is 20.8 Å². The Bertz CT molecular complexity index is 780. The highest BCUT2D eigenvalue weighted by atomic mass is 32.1. The number of thiazole rings is 1. The number of amides is 1. The van der Waals surface area contributed by atoms with Crippen molar-refractivity contribution < 1.29 is 14.3 Å². The number of ether oxygens (including phenoxy) is 1. The fourth-order valence-corrected chi connectivity index (χ4v) is 4.58. The maximum absolute atomic E-state index is 13.2. The molecule has 2 aromatic rings. The van der Waals surface area contributed by atoms with Crippen molar-refractivity contribution in [2.75, 3.05) is 18.1 Å². The molecule has 0 aliphatic carbocycles. The van der Waals surface area contributed by atoms with Crippen molar-refractivity contribution in [3.63, 3.8) is 0 Å². The zero-order valence-electron chi connectivity index (χ0n) is 16.0. The zero-order valence-corrected chi connectivity index (χ0v) is 17.7. The van der Waals surface area contributed by atoms with E-state index in [1.54, 1.807) is 30.1 Å². The fraction of sp³-hybridized carbons (Fsp3) is 0.526. The summed E-state index contributed by atoms with van der Waals surface area (Å²) in [5, 5.41) is 0.565. The Morgan fingerprint density at radius 1 is 1.15 bits per heavy atom. The zero-order chi connectivity index (χ0) is 19.3. The number of nitrogens with zero attached hydrogens (tertiary/aromatic N) is 2. The lowest BCUT2D eigenvalue weighted by atomic mass is 10.2. The molecule has 0 aliphatic rings. The summed E-state index contributed by atoms with van der Waals surface area (Å²) in [6, 6.07) is 1.93. The van der Waals surface area contributed by atoms with E-state index in [1.165, 1.54) is 11.3 Å². The molecule has 0 atom stereocenters. The van der Waals surface area contributed by atoms with Gasteiger partial charge in [0.15, 0.2) is 5.13 Å². The summed E-state index contributed by atoms with van der Waals surface area (Å²) >= 11 is 2.85. The lowest BCUT2D eigenvalue weighted by Gasteiger charge is -2.19. The van der Waals surface area contributed by atoms with E-state index in [4.69, 9.17) is 4.74 Å². The Kier molecular flexibility index (Phi) is 7.34. The summed E-state index contributed by atoms with van der Waals surface area (Å²) in [7, 11) is 0. The minimum atomic E-state index is -0.378. The Balaban J connectivity index is 2.35. The molecule has 0 saturated heterocycles. The highest BCUT2D eigenvalue weighted by Crippen LogP contribution is 2.30. The highest BCUT2D eigenvalue weighted by molar-refractivity contribution is 7.17. The van der Waals surface area contributed by atoms with Crippen molar-refractivity contribution >= 4 is 39.7 Å². The van der Waals surface area contributed by atoms with Gasteiger partial charge in [-0.05, 0) is 40.2 Å². The predicted molar refractivity (Wildman–Crippen MR) is 108 cm³/mol. The average molecular weight is 395 g/mol. The maximum Gasteiger partial charge on any atom is 0.350 e. The molecule has 2 heterocycles. The third kappa shape index (κ3) is 4.71. The van der Waals surface area contributed by atoms with Crippen LogP contribution < -0.4 is 4.90 Å². The first-order chi connectivity index (χ1) is 12.4. The first-order valence-electron chi connectivity index (χ1n) is 8.92. The molecule has 0 aromatic carbocycles. The van der Waals surface area contributed by atoms with Crippen molar-refractivity contribution in [1.82, 2.24) is 4.98 Å². The normalized spacial score (nSPS) is 10.8. The van der Waals surface area contributed by atoms with Gasteiger partial charge in [0.2, 0.25) is 0 Å². The average Bonchev–Trinajstić information content (AvgIpc) is 3.13. The molecule has 0 saturated carbocycles. The van der Waals surface area contributed by atoms with Gasteiger partial charge in [-0.3, -0.25) is 9.69 Å². The second kappa shape index (κ2) is 9.28. The van der Waals surface area contributed by atoms with Crippen LogP contribution in [0.2, 0.25) is 0 Å². The number of esters is 1. The maximum atomic E-state index is 13.2. The van der Waals surface area contributed by atoms with Crippen molar-refractivity contribution in [3.05, 3.63) is 32.0 Å². The van der Waals surface area contributed by atoms with Crippen molar-refractivity contribution in [2.24, 2.45) is 0 Å². The fourth-order valence-electron chi connectivity index (χ4n) is 2.68. The van der Waals surface area contributed by atoms with Crippen LogP contribution in [-0.2, 0) is 4.74 Å². The Hall–Kier alpha value is -1.73. The summed E-state index contributed by atoms with van der Waals surface area (Å²) in [5.74, 6) is -0.427. The van der Waals surface area contributed by atoms with Crippen molar-refractivity contribution in [1.29, 1.82) is 0 Å². The number of hydrogen-bond donors (Lipinski definition) is 0. The van der Waals surface area contributed by atoms with Crippen LogP contribution >= 0.6 is 22.7 Å². The quantitative estimate of drug-likeness (QED) is 0.459. The van der Waals surface area contributed by atoms with Crippen LogP contribution in [0.5, 0.6) is 0 Å². The lowest BCUT2D eigenvalue weighted by Crippen LogP contribution is -2.32. The summed E-state index contributed by atoms with van der Waals surface area (Å²) in [6.07, 6.45) is 3.02. The van der Waals surface area contributed by atoms with E-state index < -0.39 is 0 Å². The molecule has 2 aromatic heterocycles. The first kappa shape index (κ1) is 20.6. The standard InChI is InChI=1S/C19H26N2O3S2/c1-6-8-9-10-21(17(22)15-11-12(3)25-14(15)5)19-20-13(4)16(26-19)18(23)24-7-2/h11H,6-10H2,1-5H3. The van der Waals surface area contributed by atoms with Gasteiger partial charge in [0, 0.05) is 16.3 Å². The molecule has 26 heavy (non-hydrogen) atoms. The van der Waals surface area contributed by atoms with E-state index in [9.17, 15) is 9.59 Å². The van der Waals surface area contributed by atoms with Gasteiger partial charge in [-0.2, -0.15) is 0 Å². The topological polar surface area (TPSA) is 59.5 Å².